The van der Waals surface area contributed by atoms with Crippen molar-refractivity contribution in [3.05, 3.63) is 100 Å². The molecule has 0 spiro atoms. The lowest BCUT2D eigenvalue weighted by Gasteiger charge is -2.17. The Morgan fingerprint density at radius 3 is 2.29 bits per heavy atom. The number of ketones is 1. The van der Waals surface area contributed by atoms with Gasteiger partial charge in [-0.2, -0.15) is 5.26 Å². The van der Waals surface area contributed by atoms with Gasteiger partial charge in [-0.25, -0.2) is 13.1 Å². The molecule has 1 atom stereocenters. The Labute approximate surface area is 202 Å². The number of rotatable bonds is 10. The number of carboxylic acids is 1. The van der Waals surface area contributed by atoms with Crippen LogP contribution in [0.2, 0.25) is 5.02 Å². The third-order valence-electron chi connectivity index (χ3n) is 5.23. The Balaban J connectivity index is 1.75. The predicted octanol–water partition coefficient (Wildman–Crippen LogP) is 4.37. The molecule has 3 rings (SSSR count). The number of carbonyl (C=O) groups is 2. The minimum Gasteiger partial charge on any atom is -0.481 e. The summed E-state index contributed by atoms with van der Waals surface area (Å²) >= 11 is 5.80. The van der Waals surface area contributed by atoms with E-state index in [0.717, 1.165) is 0 Å². The van der Waals surface area contributed by atoms with Crippen LogP contribution in [0.4, 0.5) is 0 Å². The summed E-state index contributed by atoms with van der Waals surface area (Å²) in [6.45, 7) is 0.0106. The van der Waals surface area contributed by atoms with Gasteiger partial charge in [-0.15, -0.1) is 0 Å². The Morgan fingerprint density at radius 1 is 1.00 bits per heavy atom. The standard InChI is InChI=1S/C25H21ClN2O5S/c26-22-8-10-23(11-9-22)34(32,33)28-13-12-20(15-24(29)30)19-2-1-3-21(14-19)25(31)18-6-4-17(16-27)5-7-18/h1-11,14,20,28H,12-13,15H2,(H,29,30). The second kappa shape index (κ2) is 11.1. The number of hydrogen-bond donors (Lipinski definition) is 2. The van der Waals surface area contributed by atoms with Gasteiger partial charge in [-0.3, -0.25) is 9.59 Å². The first-order valence-electron chi connectivity index (χ1n) is 10.3. The van der Waals surface area contributed by atoms with Crippen molar-refractivity contribution in [1.29, 1.82) is 5.26 Å². The molecule has 0 aromatic heterocycles. The van der Waals surface area contributed by atoms with Crippen LogP contribution >= 0.6 is 11.6 Å². The molecule has 9 heteroatoms. The molecule has 0 bridgehead atoms. The molecule has 0 aliphatic heterocycles. The number of benzene rings is 3. The van der Waals surface area contributed by atoms with Crippen molar-refractivity contribution in [1.82, 2.24) is 4.72 Å². The predicted molar refractivity (Wildman–Crippen MR) is 127 cm³/mol. The first-order valence-corrected chi connectivity index (χ1v) is 12.2. The third-order valence-corrected chi connectivity index (χ3v) is 6.96. The van der Waals surface area contributed by atoms with Crippen LogP contribution in [0, 0.1) is 11.3 Å². The smallest absolute Gasteiger partial charge is 0.303 e. The van der Waals surface area contributed by atoms with Crippen molar-refractivity contribution in [3.63, 3.8) is 0 Å². The van der Waals surface area contributed by atoms with Gasteiger partial charge in [0.1, 0.15) is 0 Å². The largest absolute Gasteiger partial charge is 0.481 e. The lowest BCUT2D eigenvalue weighted by atomic mass is 9.90. The zero-order chi connectivity index (χ0) is 24.7. The number of nitrogens with zero attached hydrogens (tertiary/aromatic N) is 1. The fourth-order valence-electron chi connectivity index (χ4n) is 3.46. The maximum Gasteiger partial charge on any atom is 0.303 e. The van der Waals surface area contributed by atoms with E-state index in [1.165, 1.54) is 24.3 Å². The number of sulfonamides is 1. The second-order valence-corrected chi connectivity index (χ2v) is 9.78. The highest BCUT2D eigenvalue weighted by molar-refractivity contribution is 7.89. The Hall–Kier alpha value is -3.51. The van der Waals surface area contributed by atoms with Crippen LogP contribution in [0.25, 0.3) is 0 Å². The van der Waals surface area contributed by atoms with Gasteiger partial charge >= 0.3 is 5.97 Å². The van der Waals surface area contributed by atoms with Gasteiger partial charge in [-0.05, 0) is 72.5 Å². The van der Waals surface area contributed by atoms with Gasteiger partial charge < -0.3 is 5.11 Å². The van der Waals surface area contributed by atoms with E-state index in [4.69, 9.17) is 16.9 Å². The average molecular weight is 497 g/mol. The summed E-state index contributed by atoms with van der Waals surface area (Å²) in [5.41, 5.74) is 1.83. The first-order chi connectivity index (χ1) is 16.2. The topological polar surface area (TPSA) is 124 Å². The number of halogens is 1. The Kier molecular flexibility index (Phi) is 8.18. The van der Waals surface area contributed by atoms with Gasteiger partial charge in [-0.1, -0.05) is 29.8 Å². The van der Waals surface area contributed by atoms with E-state index in [9.17, 15) is 23.1 Å². The number of hydrogen-bond acceptors (Lipinski definition) is 5. The SMILES string of the molecule is N#Cc1ccc(C(=O)c2cccc(C(CCNS(=O)(=O)c3ccc(Cl)cc3)CC(=O)O)c2)cc1. The molecular formula is C25H21ClN2O5S. The van der Waals surface area contributed by atoms with Crippen molar-refractivity contribution < 1.29 is 23.1 Å². The molecule has 0 saturated carbocycles. The van der Waals surface area contributed by atoms with Crippen LogP contribution in [0.15, 0.2) is 77.7 Å². The first kappa shape index (κ1) is 25.1. The summed E-state index contributed by atoms with van der Waals surface area (Å²) in [5.74, 6) is -1.81. The van der Waals surface area contributed by atoms with Crippen LogP contribution in [0.1, 0.15) is 45.8 Å². The Bertz CT molecular complexity index is 1330. The molecule has 0 fully saturated rings. The van der Waals surface area contributed by atoms with Gasteiger partial charge in [0.25, 0.3) is 0 Å². The maximum atomic E-state index is 12.9. The van der Waals surface area contributed by atoms with Crippen molar-refractivity contribution in [2.45, 2.75) is 23.7 Å². The monoisotopic (exact) mass is 496 g/mol. The van der Waals surface area contributed by atoms with Crippen molar-refractivity contribution in [3.8, 4) is 6.07 Å². The van der Waals surface area contributed by atoms with Crippen molar-refractivity contribution >= 4 is 33.4 Å². The van der Waals surface area contributed by atoms with Gasteiger partial charge in [0.05, 0.1) is 22.9 Å². The lowest BCUT2D eigenvalue weighted by molar-refractivity contribution is -0.137. The third kappa shape index (κ3) is 6.51. The lowest BCUT2D eigenvalue weighted by Crippen LogP contribution is -2.26. The molecule has 1 unspecified atom stereocenters. The number of carbonyl (C=O) groups excluding carboxylic acids is 1. The summed E-state index contributed by atoms with van der Waals surface area (Å²) in [6.07, 6.45) is -0.00911. The number of nitrogens with one attached hydrogen (secondary N) is 1. The van der Waals surface area contributed by atoms with Crippen LogP contribution in [-0.4, -0.2) is 31.8 Å². The molecule has 0 amide bonds. The zero-order valence-electron chi connectivity index (χ0n) is 17.9. The zero-order valence-corrected chi connectivity index (χ0v) is 19.5. The number of nitriles is 1. The molecule has 174 valence electrons. The fraction of sp³-hybridized carbons (Fsp3) is 0.160. The van der Waals surface area contributed by atoms with Crippen LogP contribution in [0.3, 0.4) is 0 Å². The van der Waals surface area contributed by atoms with Crippen LogP contribution in [-0.2, 0) is 14.8 Å². The maximum absolute atomic E-state index is 12.9. The molecule has 3 aromatic rings. The van der Waals surface area contributed by atoms with E-state index >= 15 is 0 Å². The van der Waals surface area contributed by atoms with Crippen molar-refractivity contribution in [2.24, 2.45) is 0 Å². The second-order valence-electron chi connectivity index (χ2n) is 7.58. The van der Waals surface area contributed by atoms with E-state index in [-0.39, 0.29) is 30.1 Å². The van der Waals surface area contributed by atoms with E-state index in [1.54, 1.807) is 48.5 Å². The van der Waals surface area contributed by atoms with E-state index in [0.29, 0.717) is 27.3 Å². The molecule has 3 aromatic carbocycles. The molecule has 2 N–H and O–H groups in total. The summed E-state index contributed by atoms with van der Waals surface area (Å²) in [6, 6.07) is 20.6. The van der Waals surface area contributed by atoms with Gasteiger partial charge in [0, 0.05) is 22.7 Å². The van der Waals surface area contributed by atoms with Crippen LogP contribution < -0.4 is 4.72 Å². The molecular weight excluding hydrogens is 476 g/mol. The van der Waals surface area contributed by atoms with Gasteiger partial charge in [0.2, 0.25) is 10.0 Å². The summed E-state index contributed by atoms with van der Waals surface area (Å²) in [7, 11) is -3.78. The highest BCUT2D eigenvalue weighted by Crippen LogP contribution is 2.25. The molecule has 0 aliphatic rings. The molecule has 0 heterocycles. The molecule has 0 saturated heterocycles. The Morgan fingerprint density at radius 2 is 1.68 bits per heavy atom. The number of carboxylic acid groups (broad SMARTS) is 1. The van der Waals surface area contributed by atoms with Crippen molar-refractivity contribution in [2.75, 3.05) is 6.54 Å². The molecule has 0 aliphatic carbocycles. The quantitative estimate of drug-likeness (QED) is 0.401. The number of aliphatic carboxylic acids is 1. The van der Waals surface area contributed by atoms with E-state index in [2.05, 4.69) is 4.72 Å². The highest BCUT2D eigenvalue weighted by atomic mass is 35.5. The minimum absolute atomic E-state index is 0.0106. The molecule has 0 radical (unpaired) electrons. The fourth-order valence-corrected chi connectivity index (χ4v) is 4.63. The summed E-state index contributed by atoms with van der Waals surface area (Å²) in [5, 5.41) is 18.7. The van der Waals surface area contributed by atoms with Gasteiger partial charge in [0.15, 0.2) is 5.78 Å². The van der Waals surface area contributed by atoms with E-state index < -0.39 is 21.9 Å². The highest BCUT2D eigenvalue weighted by Gasteiger charge is 2.20. The normalized spacial score (nSPS) is 12.0. The summed E-state index contributed by atoms with van der Waals surface area (Å²) < 4.78 is 27.5. The molecule has 34 heavy (non-hydrogen) atoms. The minimum atomic E-state index is -3.78. The summed E-state index contributed by atoms with van der Waals surface area (Å²) in [4.78, 5) is 24.4. The van der Waals surface area contributed by atoms with Crippen LogP contribution in [0.5, 0.6) is 0 Å². The van der Waals surface area contributed by atoms with E-state index in [1.807, 2.05) is 6.07 Å². The molecule has 7 nitrogen and oxygen atoms in total. The average Bonchev–Trinajstić information content (AvgIpc) is 2.83.